The van der Waals surface area contributed by atoms with Crippen LogP contribution in [0, 0.1) is 6.92 Å². The van der Waals surface area contributed by atoms with Gasteiger partial charge in [0.25, 0.3) is 0 Å². The summed E-state index contributed by atoms with van der Waals surface area (Å²) in [6, 6.07) is 10.3. The average molecular weight is 325 g/mol. The summed E-state index contributed by atoms with van der Waals surface area (Å²) in [5.74, 6) is 1.71. The smallest absolute Gasteiger partial charge is 0.146 e. The highest BCUT2D eigenvalue weighted by Gasteiger charge is 2.10. The van der Waals surface area contributed by atoms with Gasteiger partial charge in [0.05, 0.1) is 12.5 Å². The van der Waals surface area contributed by atoms with Gasteiger partial charge in [-0.2, -0.15) is 5.10 Å². The van der Waals surface area contributed by atoms with Crippen molar-refractivity contribution in [2.45, 2.75) is 33.0 Å². The molecule has 5 heteroatoms. The molecule has 24 heavy (non-hydrogen) atoms. The highest BCUT2D eigenvalue weighted by atomic mass is 16.5. The fourth-order valence-corrected chi connectivity index (χ4v) is 2.53. The van der Waals surface area contributed by atoms with Crippen LogP contribution in [0.2, 0.25) is 0 Å². The molecule has 0 amide bonds. The number of aromatic nitrogens is 2. The minimum atomic E-state index is 0.220. The van der Waals surface area contributed by atoms with Crippen molar-refractivity contribution >= 4 is 0 Å². The molecule has 0 unspecified atom stereocenters. The van der Waals surface area contributed by atoms with E-state index in [1.54, 1.807) is 6.26 Å². The lowest BCUT2D eigenvalue weighted by Gasteiger charge is -2.15. The molecule has 0 aliphatic rings. The predicted octanol–water partition coefficient (Wildman–Crippen LogP) is 3.75. The Morgan fingerprint density at radius 3 is 2.92 bits per heavy atom. The highest BCUT2D eigenvalue weighted by molar-refractivity contribution is 5.37. The van der Waals surface area contributed by atoms with Crippen LogP contribution in [-0.2, 0) is 20.2 Å². The maximum atomic E-state index is 5.95. The first-order valence-electron chi connectivity index (χ1n) is 8.08. The SMILES string of the molecule is Cc1ccc(CN[C@@H](C)c2cnn(C)c2)c(OCc2ccco2)c1. The van der Waals surface area contributed by atoms with Crippen molar-refractivity contribution in [2.24, 2.45) is 7.05 Å². The van der Waals surface area contributed by atoms with Crippen molar-refractivity contribution in [1.82, 2.24) is 15.1 Å². The van der Waals surface area contributed by atoms with E-state index in [0.29, 0.717) is 6.61 Å². The first kappa shape index (κ1) is 16.3. The maximum absolute atomic E-state index is 5.95. The van der Waals surface area contributed by atoms with Crippen LogP contribution in [-0.4, -0.2) is 9.78 Å². The molecule has 126 valence electrons. The van der Waals surface area contributed by atoms with Crippen LogP contribution >= 0.6 is 0 Å². The molecule has 2 aromatic heterocycles. The van der Waals surface area contributed by atoms with Crippen LogP contribution in [0.25, 0.3) is 0 Å². The molecule has 5 nitrogen and oxygen atoms in total. The third-order valence-corrected chi connectivity index (χ3v) is 4.00. The van der Waals surface area contributed by atoms with Crippen molar-refractivity contribution in [2.75, 3.05) is 0 Å². The third kappa shape index (κ3) is 4.06. The van der Waals surface area contributed by atoms with Gasteiger partial charge >= 0.3 is 0 Å². The molecule has 1 aromatic carbocycles. The molecule has 0 aliphatic heterocycles. The van der Waals surface area contributed by atoms with Crippen LogP contribution in [0.5, 0.6) is 5.75 Å². The summed E-state index contributed by atoms with van der Waals surface area (Å²) < 4.78 is 13.1. The fourth-order valence-electron chi connectivity index (χ4n) is 2.53. The van der Waals surface area contributed by atoms with Crippen LogP contribution < -0.4 is 10.1 Å². The predicted molar refractivity (Wildman–Crippen MR) is 92.7 cm³/mol. The van der Waals surface area contributed by atoms with Gasteiger partial charge in [0.2, 0.25) is 0 Å². The van der Waals surface area contributed by atoms with E-state index in [9.17, 15) is 0 Å². The number of ether oxygens (including phenoxy) is 1. The van der Waals surface area contributed by atoms with Crippen molar-refractivity contribution in [3.8, 4) is 5.75 Å². The number of furan rings is 1. The van der Waals surface area contributed by atoms with Crippen LogP contribution in [0.3, 0.4) is 0 Å². The van der Waals surface area contributed by atoms with E-state index in [-0.39, 0.29) is 6.04 Å². The normalized spacial score (nSPS) is 12.3. The lowest BCUT2D eigenvalue weighted by molar-refractivity contribution is 0.267. The molecule has 0 radical (unpaired) electrons. The zero-order valence-corrected chi connectivity index (χ0v) is 14.3. The molecule has 0 fully saturated rings. The van der Waals surface area contributed by atoms with Crippen LogP contribution in [0.1, 0.15) is 35.4 Å². The van der Waals surface area contributed by atoms with Gasteiger partial charge < -0.3 is 14.5 Å². The van der Waals surface area contributed by atoms with Crippen LogP contribution in [0.4, 0.5) is 0 Å². The Bertz CT molecular complexity index is 778. The molecule has 0 bridgehead atoms. The number of nitrogens with zero attached hydrogens (tertiary/aromatic N) is 2. The summed E-state index contributed by atoms with van der Waals surface area (Å²) in [4.78, 5) is 0. The second kappa shape index (κ2) is 7.36. The van der Waals surface area contributed by atoms with Crippen LogP contribution in [0.15, 0.2) is 53.4 Å². The molecule has 1 N–H and O–H groups in total. The zero-order chi connectivity index (χ0) is 16.9. The van der Waals surface area contributed by atoms with Gasteiger partial charge in [-0.3, -0.25) is 4.68 Å². The molecular weight excluding hydrogens is 302 g/mol. The minimum Gasteiger partial charge on any atom is -0.485 e. The van der Waals surface area contributed by atoms with E-state index in [4.69, 9.17) is 9.15 Å². The first-order valence-corrected chi connectivity index (χ1v) is 8.08. The summed E-state index contributed by atoms with van der Waals surface area (Å²) in [5.41, 5.74) is 3.47. The number of rotatable bonds is 7. The van der Waals surface area contributed by atoms with E-state index in [1.807, 2.05) is 36.3 Å². The van der Waals surface area contributed by atoms with E-state index in [1.165, 1.54) is 11.1 Å². The van der Waals surface area contributed by atoms with E-state index < -0.39 is 0 Å². The number of benzene rings is 1. The molecule has 0 spiro atoms. The number of hydrogen-bond donors (Lipinski definition) is 1. The van der Waals surface area contributed by atoms with Gasteiger partial charge in [0, 0.05) is 37.0 Å². The summed E-state index contributed by atoms with van der Waals surface area (Å²) in [5, 5.41) is 7.75. The van der Waals surface area contributed by atoms with Crippen molar-refractivity contribution < 1.29 is 9.15 Å². The van der Waals surface area contributed by atoms with E-state index in [0.717, 1.165) is 23.6 Å². The monoisotopic (exact) mass is 325 g/mol. The van der Waals surface area contributed by atoms with Gasteiger partial charge in [-0.05, 0) is 37.6 Å². The quantitative estimate of drug-likeness (QED) is 0.719. The first-order chi connectivity index (χ1) is 11.6. The largest absolute Gasteiger partial charge is 0.485 e. The van der Waals surface area contributed by atoms with E-state index in [2.05, 4.69) is 42.5 Å². The number of nitrogens with one attached hydrogen (secondary N) is 1. The topological polar surface area (TPSA) is 52.2 Å². The summed E-state index contributed by atoms with van der Waals surface area (Å²) in [6.45, 7) is 5.36. The second-order valence-electron chi connectivity index (χ2n) is 6.03. The Kier molecular flexibility index (Phi) is 5.01. The Balaban J connectivity index is 1.65. The standard InChI is InChI=1S/C19H23N3O2/c1-14-6-7-16(10-20-15(2)17-11-21-22(3)12-17)19(9-14)24-13-18-5-4-8-23-18/h4-9,11-12,15,20H,10,13H2,1-3H3/t15-/m0/s1. The van der Waals surface area contributed by atoms with Crippen molar-refractivity contribution in [1.29, 1.82) is 0 Å². The van der Waals surface area contributed by atoms with Gasteiger partial charge in [0.15, 0.2) is 0 Å². The molecular formula is C19H23N3O2. The summed E-state index contributed by atoms with van der Waals surface area (Å²) >= 11 is 0. The molecule has 0 saturated carbocycles. The maximum Gasteiger partial charge on any atom is 0.146 e. The van der Waals surface area contributed by atoms with Gasteiger partial charge in [-0.1, -0.05) is 12.1 Å². The molecule has 0 saturated heterocycles. The Morgan fingerprint density at radius 1 is 1.33 bits per heavy atom. The zero-order valence-electron chi connectivity index (χ0n) is 14.3. The minimum absolute atomic E-state index is 0.220. The molecule has 3 aromatic rings. The Labute approximate surface area is 142 Å². The van der Waals surface area contributed by atoms with Gasteiger partial charge in [-0.15, -0.1) is 0 Å². The van der Waals surface area contributed by atoms with Gasteiger partial charge in [0.1, 0.15) is 18.1 Å². The average Bonchev–Trinajstić information content (AvgIpc) is 3.23. The lowest BCUT2D eigenvalue weighted by atomic mass is 10.1. The van der Waals surface area contributed by atoms with Gasteiger partial charge in [-0.25, -0.2) is 0 Å². The Hall–Kier alpha value is -2.53. The highest BCUT2D eigenvalue weighted by Crippen LogP contribution is 2.23. The van der Waals surface area contributed by atoms with Crippen molar-refractivity contribution in [3.05, 3.63) is 71.4 Å². The van der Waals surface area contributed by atoms with E-state index >= 15 is 0 Å². The van der Waals surface area contributed by atoms with Crippen molar-refractivity contribution in [3.63, 3.8) is 0 Å². The lowest BCUT2D eigenvalue weighted by Crippen LogP contribution is -2.18. The molecule has 1 atom stereocenters. The Morgan fingerprint density at radius 2 is 2.21 bits per heavy atom. The summed E-state index contributed by atoms with van der Waals surface area (Å²) in [6.07, 6.45) is 5.58. The number of hydrogen-bond acceptors (Lipinski definition) is 4. The molecule has 2 heterocycles. The number of aryl methyl sites for hydroxylation is 2. The molecule has 0 aliphatic carbocycles. The molecule has 3 rings (SSSR count). The second-order valence-corrected chi connectivity index (χ2v) is 6.03. The third-order valence-electron chi connectivity index (χ3n) is 4.00. The fraction of sp³-hybridized carbons (Fsp3) is 0.316. The summed E-state index contributed by atoms with van der Waals surface area (Å²) in [7, 11) is 1.93.